The molecule has 0 bridgehead atoms. The molecule has 2 aliphatic heterocycles. The maximum absolute atomic E-state index is 13.2. The van der Waals surface area contributed by atoms with Crippen molar-refractivity contribution >= 4 is 17.5 Å². The number of carbonyl (C=O) groups is 1. The van der Waals surface area contributed by atoms with E-state index in [2.05, 4.69) is 0 Å². The van der Waals surface area contributed by atoms with Crippen LogP contribution in [0.2, 0.25) is 5.02 Å². The molecule has 7 heteroatoms. The van der Waals surface area contributed by atoms with Crippen LogP contribution in [0.15, 0.2) is 66.7 Å². The quantitative estimate of drug-likeness (QED) is 0.518. The summed E-state index contributed by atoms with van der Waals surface area (Å²) in [6.07, 6.45) is -0.0458. The summed E-state index contributed by atoms with van der Waals surface area (Å²) in [5.74, 6) is 1.54. The lowest BCUT2D eigenvalue weighted by Crippen LogP contribution is -2.61. The minimum Gasteiger partial charge on any atom is -0.478 e. The Bertz CT molecular complexity index is 1100. The second-order valence-corrected chi connectivity index (χ2v) is 7.89. The lowest BCUT2D eigenvalue weighted by molar-refractivity contribution is -0.164. The van der Waals surface area contributed by atoms with Crippen molar-refractivity contribution in [2.24, 2.45) is 0 Å². The predicted molar refractivity (Wildman–Crippen MR) is 113 cm³/mol. The number of hydrogen-bond acceptors (Lipinski definition) is 4. The highest BCUT2D eigenvalue weighted by Crippen LogP contribution is 2.42. The Labute approximate surface area is 183 Å². The van der Waals surface area contributed by atoms with E-state index in [1.165, 1.54) is 12.1 Å². The van der Waals surface area contributed by atoms with Crippen molar-refractivity contribution < 1.29 is 23.4 Å². The zero-order valence-corrected chi connectivity index (χ0v) is 17.2. The SMILES string of the molecule is O=C1[C@H](Oc2ccc(Cl)cc2)[C@H](c2ccc3c(c2)OCO3)N1CCc1ccc(F)cc1. The largest absolute Gasteiger partial charge is 0.478 e. The van der Waals surface area contributed by atoms with Crippen molar-refractivity contribution in [2.45, 2.75) is 18.6 Å². The van der Waals surface area contributed by atoms with Gasteiger partial charge in [-0.25, -0.2) is 4.39 Å². The van der Waals surface area contributed by atoms with E-state index in [9.17, 15) is 9.18 Å². The molecule has 3 aromatic rings. The van der Waals surface area contributed by atoms with E-state index >= 15 is 0 Å². The van der Waals surface area contributed by atoms with Crippen molar-refractivity contribution in [2.75, 3.05) is 13.3 Å². The number of benzene rings is 3. The van der Waals surface area contributed by atoms with E-state index in [1.807, 2.05) is 18.2 Å². The van der Waals surface area contributed by atoms with E-state index in [0.29, 0.717) is 35.2 Å². The van der Waals surface area contributed by atoms with Crippen LogP contribution in [0, 0.1) is 5.82 Å². The summed E-state index contributed by atoms with van der Waals surface area (Å²) >= 11 is 5.96. The zero-order valence-electron chi connectivity index (χ0n) is 16.5. The van der Waals surface area contributed by atoms with Gasteiger partial charge in [0.15, 0.2) is 11.5 Å². The summed E-state index contributed by atoms with van der Waals surface area (Å²) in [4.78, 5) is 14.8. The molecule has 0 radical (unpaired) electrons. The molecule has 0 aromatic heterocycles. The van der Waals surface area contributed by atoms with Crippen molar-refractivity contribution in [1.29, 1.82) is 0 Å². The molecule has 2 aliphatic rings. The summed E-state index contributed by atoms with van der Waals surface area (Å²) in [6.45, 7) is 0.672. The van der Waals surface area contributed by atoms with Crippen LogP contribution < -0.4 is 14.2 Å². The number of amides is 1. The van der Waals surface area contributed by atoms with Crippen LogP contribution >= 0.6 is 11.6 Å². The number of fused-ring (bicyclic) bond motifs is 1. The number of halogens is 2. The van der Waals surface area contributed by atoms with Crippen LogP contribution in [0.3, 0.4) is 0 Å². The Kier molecular flexibility index (Phi) is 5.16. The predicted octanol–water partition coefficient (Wildman–Crippen LogP) is 4.78. The number of rotatable bonds is 6. The Morgan fingerprint density at radius 1 is 1.00 bits per heavy atom. The standard InChI is InChI=1S/C24H19ClFNO4/c25-17-4-8-19(9-5-17)31-23-22(16-3-10-20-21(13-16)30-14-29-20)27(24(23)28)12-11-15-1-6-18(26)7-2-15/h1-10,13,22-23H,11-12,14H2/t22-,23+/m0/s1. The van der Waals surface area contributed by atoms with Crippen LogP contribution in [-0.4, -0.2) is 30.2 Å². The van der Waals surface area contributed by atoms with Gasteiger partial charge >= 0.3 is 0 Å². The molecule has 0 aliphatic carbocycles. The van der Waals surface area contributed by atoms with Crippen molar-refractivity contribution in [1.82, 2.24) is 4.90 Å². The van der Waals surface area contributed by atoms with Gasteiger partial charge in [0.25, 0.3) is 5.91 Å². The van der Waals surface area contributed by atoms with Crippen LogP contribution in [0.25, 0.3) is 0 Å². The fraction of sp³-hybridized carbons (Fsp3) is 0.208. The number of carbonyl (C=O) groups excluding carboxylic acids is 1. The number of β-lactam (4-membered cyclic amide) rings is 1. The van der Waals surface area contributed by atoms with Gasteiger partial charge in [-0.2, -0.15) is 0 Å². The van der Waals surface area contributed by atoms with Gasteiger partial charge in [0, 0.05) is 11.6 Å². The Morgan fingerprint density at radius 2 is 1.74 bits per heavy atom. The molecule has 158 valence electrons. The smallest absolute Gasteiger partial charge is 0.266 e. The van der Waals surface area contributed by atoms with Crippen LogP contribution in [0.4, 0.5) is 4.39 Å². The third kappa shape index (κ3) is 3.91. The molecule has 5 nitrogen and oxygen atoms in total. The molecule has 5 rings (SSSR count). The van der Waals surface area contributed by atoms with Gasteiger partial charge in [-0.3, -0.25) is 4.79 Å². The van der Waals surface area contributed by atoms with E-state index in [1.54, 1.807) is 41.3 Å². The highest BCUT2D eigenvalue weighted by molar-refractivity contribution is 6.30. The van der Waals surface area contributed by atoms with E-state index in [4.69, 9.17) is 25.8 Å². The van der Waals surface area contributed by atoms with E-state index < -0.39 is 6.10 Å². The molecular weight excluding hydrogens is 421 g/mol. The third-order valence-electron chi connectivity index (χ3n) is 5.52. The molecule has 0 unspecified atom stereocenters. The maximum Gasteiger partial charge on any atom is 0.266 e. The summed E-state index contributed by atoms with van der Waals surface area (Å²) in [5.41, 5.74) is 1.86. The van der Waals surface area contributed by atoms with Gasteiger partial charge in [-0.15, -0.1) is 0 Å². The molecule has 3 aromatic carbocycles. The maximum atomic E-state index is 13.2. The van der Waals surface area contributed by atoms with Crippen molar-refractivity contribution in [3.05, 3.63) is 88.7 Å². The van der Waals surface area contributed by atoms with Gasteiger partial charge < -0.3 is 19.1 Å². The molecule has 0 spiro atoms. The zero-order chi connectivity index (χ0) is 21.4. The number of ether oxygens (including phenoxy) is 3. The topological polar surface area (TPSA) is 48.0 Å². The van der Waals surface area contributed by atoms with E-state index in [-0.39, 0.29) is 24.6 Å². The molecule has 2 heterocycles. The average Bonchev–Trinajstić information content (AvgIpc) is 3.25. The highest BCUT2D eigenvalue weighted by Gasteiger charge is 2.50. The molecular formula is C24H19ClFNO4. The summed E-state index contributed by atoms with van der Waals surface area (Å²) < 4.78 is 30.1. The molecule has 0 saturated carbocycles. The molecule has 31 heavy (non-hydrogen) atoms. The average molecular weight is 440 g/mol. The van der Waals surface area contributed by atoms with Gasteiger partial charge in [0.1, 0.15) is 17.6 Å². The second-order valence-electron chi connectivity index (χ2n) is 7.46. The van der Waals surface area contributed by atoms with Crippen LogP contribution in [0.1, 0.15) is 17.2 Å². The molecule has 0 N–H and O–H groups in total. The fourth-order valence-corrected chi connectivity index (χ4v) is 4.02. The Balaban J connectivity index is 1.39. The fourth-order valence-electron chi connectivity index (χ4n) is 3.89. The first kappa shape index (κ1) is 19.7. The third-order valence-corrected chi connectivity index (χ3v) is 5.77. The molecule has 1 saturated heterocycles. The number of likely N-dealkylation sites (tertiary alicyclic amines) is 1. The summed E-state index contributed by atoms with van der Waals surface area (Å²) in [6, 6.07) is 18.6. The normalized spacial score (nSPS) is 19.3. The lowest BCUT2D eigenvalue weighted by Gasteiger charge is -2.47. The Morgan fingerprint density at radius 3 is 2.52 bits per heavy atom. The molecule has 2 atom stereocenters. The van der Waals surface area contributed by atoms with Gasteiger partial charge in [-0.1, -0.05) is 29.8 Å². The van der Waals surface area contributed by atoms with Gasteiger partial charge in [-0.05, 0) is 66.1 Å². The second kappa shape index (κ2) is 8.12. The highest BCUT2D eigenvalue weighted by atomic mass is 35.5. The van der Waals surface area contributed by atoms with E-state index in [0.717, 1.165) is 11.1 Å². The first-order chi connectivity index (χ1) is 15.1. The van der Waals surface area contributed by atoms with Crippen LogP contribution in [0.5, 0.6) is 17.2 Å². The van der Waals surface area contributed by atoms with Crippen molar-refractivity contribution in [3.8, 4) is 17.2 Å². The number of nitrogens with zero attached hydrogens (tertiary/aromatic N) is 1. The van der Waals surface area contributed by atoms with Crippen molar-refractivity contribution in [3.63, 3.8) is 0 Å². The first-order valence-electron chi connectivity index (χ1n) is 9.95. The monoisotopic (exact) mass is 439 g/mol. The molecule has 1 amide bonds. The first-order valence-corrected chi connectivity index (χ1v) is 10.3. The minimum atomic E-state index is -0.658. The Hall–Kier alpha value is -3.25. The minimum absolute atomic E-state index is 0.0975. The summed E-state index contributed by atoms with van der Waals surface area (Å²) in [7, 11) is 0. The lowest BCUT2D eigenvalue weighted by atomic mass is 9.89. The number of hydrogen-bond donors (Lipinski definition) is 0. The van der Waals surface area contributed by atoms with Gasteiger partial charge in [0.05, 0.1) is 0 Å². The van der Waals surface area contributed by atoms with Gasteiger partial charge in [0.2, 0.25) is 12.9 Å². The molecule has 1 fully saturated rings. The summed E-state index contributed by atoms with van der Waals surface area (Å²) in [5, 5.41) is 0.598. The van der Waals surface area contributed by atoms with Crippen LogP contribution in [-0.2, 0) is 11.2 Å².